The van der Waals surface area contributed by atoms with E-state index < -0.39 is 5.60 Å². The molecule has 0 heterocycles. The van der Waals surface area contributed by atoms with Crippen LogP contribution in [0.3, 0.4) is 0 Å². The van der Waals surface area contributed by atoms with E-state index in [1.54, 1.807) is 0 Å². The topological polar surface area (TPSA) is 38.3 Å². The molecule has 3 heteroatoms. The third-order valence-corrected chi connectivity index (χ3v) is 1.79. The first-order chi connectivity index (χ1) is 5.87. The lowest BCUT2D eigenvalue weighted by Crippen LogP contribution is -2.43. The highest BCUT2D eigenvalue weighted by Gasteiger charge is 2.25. The molecule has 0 atom stereocenters. The Morgan fingerprint density at radius 2 is 2.08 bits per heavy atom. The van der Waals surface area contributed by atoms with Crippen molar-refractivity contribution in [2.24, 2.45) is 0 Å². The molecule has 0 bridgehead atoms. The van der Waals surface area contributed by atoms with Gasteiger partial charge in [0.25, 0.3) is 0 Å². The summed E-state index contributed by atoms with van der Waals surface area (Å²) < 4.78 is 5.10. The molecule has 0 saturated heterocycles. The molecule has 1 fully saturated rings. The zero-order chi connectivity index (χ0) is 10.1. The lowest BCUT2D eigenvalue weighted by atomic mass is 9.88. The van der Waals surface area contributed by atoms with Crippen molar-refractivity contribution >= 4 is 6.09 Å². The second kappa shape index (κ2) is 3.40. The van der Waals surface area contributed by atoms with Crippen molar-refractivity contribution < 1.29 is 9.53 Å². The number of carbonyl (C=O) groups is 1. The molecule has 74 valence electrons. The maximum Gasteiger partial charge on any atom is 0.407 e. The lowest BCUT2D eigenvalue weighted by Gasteiger charge is -2.30. The number of ether oxygens (including phenoxy) is 1. The number of rotatable bonds is 1. The van der Waals surface area contributed by atoms with E-state index in [0.29, 0.717) is 0 Å². The molecule has 3 nitrogen and oxygen atoms in total. The van der Waals surface area contributed by atoms with Crippen LogP contribution in [0.4, 0.5) is 4.79 Å². The average Bonchev–Trinajstić information content (AvgIpc) is 1.79. The van der Waals surface area contributed by atoms with Crippen LogP contribution in [-0.4, -0.2) is 17.7 Å². The summed E-state index contributed by atoms with van der Waals surface area (Å²) in [5, 5.41) is 2.78. The normalized spacial score (nSPS) is 17.9. The van der Waals surface area contributed by atoms with Gasteiger partial charge in [-0.1, -0.05) is 12.2 Å². The van der Waals surface area contributed by atoms with E-state index in [1.807, 2.05) is 20.8 Å². The number of amides is 1. The Kier molecular flexibility index (Phi) is 2.64. The van der Waals surface area contributed by atoms with Crippen LogP contribution in [0.15, 0.2) is 12.2 Å². The quantitative estimate of drug-likeness (QED) is 0.633. The van der Waals surface area contributed by atoms with Gasteiger partial charge in [-0.05, 0) is 33.6 Å². The van der Waals surface area contributed by atoms with Gasteiger partial charge >= 0.3 is 6.09 Å². The smallest absolute Gasteiger partial charge is 0.407 e. The molecule has 1 N–H and O–H groups in total. The fourth-order valence-electron chi connectivity index (χ4n) is 1.21. The highest BCUT2D eigenvalue weighted by Crippen LogP contribution is 2.24. The zero-order valence-electron chi connectivity index (χ0n) is 8.52. The largest absolute Gasteiger partial charge is 0.444 e. The molecule has 0 radical (unpaired) electrons. The molecule has 1 amide bonds. The van der Waals surface area contributed by atoms with Gasteiger partial charge in [-0.25, -0.2) is 4.79 Å². The highest BCUT2D eigenvalue weighted by atomic mass is 16.6. The molecule has 0 spiro atoms. The molecule has 1 saturated carbocycles. The first-order valence-electron chi connectivity index (χ1n) is 4.53. The Labute approximate surface area is 79.2 Å². The number of hydrogen-bond donors (Lipinski definition) is 1. The number of hydrogen-bond acceptors (Lipinski definition) is 2. The van der Waals surface area contributed by atoms with Gasteiger partial charge in [0.1, 0.15) is 5.60 Å². The first-order valence-corrected chi connectivity index (χ1v) is 4.53. The van der Waals surface area contributed by atoms with Crippen LogP contribution in [-0.2, 0) is 4.74 Å². The van der Waals surface area contributed by atoms with E-state index in [9.17, 15) is 4.79 Å². The fourth-order valence-corrected chi connectivity index (χ4v) is 1.21. The van der Waals surface area contributed by atoms with Gasteiger partial charge < -0.3 is 10.1 Å². The summed E-state index contributed by atoms with van der Waals surface area (Å²) in [6.45, 7) is 9.36. The zero-order valence-corrected chi connectivity index (χ0v) is 8.52. The summed E-state index contributed by atoms with van der Waals surface area (Å²) in [5.74, 6) is 0. The summed E-state index contributed by atoms with van der Waals surface area (Å²) in [4.78, 5) is 11.2. The van der Waals surface area contributed by atoms with Gasteiger partial charge in [0.05, 0.1) is 0 Å². The second-order valence-corrected chi connectivity index (χ2v) is 4.50. The van der Waals surface area contributed by atoms with Crippen molar-refractivity contribution in [1.82, 2.24) is 5.32 Å². The van der Waals surface area contributed by atoms with Crippen LogP contribution < -0.4 is 5.32 Å². The van der Waals surface area contributed by atoms with Crippen LogP contribution >= 0.6 is 0 Å². The van der Waals surface area contributed by atoms with Gasteiger partial charge in [-0.3, -0.25) is 0 Å². The minimum Gasteiger partial charge on any atom is -0.444 e. The van der Waals surface area contributed by atoms with Gasteiger partial charge in [-0.2, -0.15) is 0 Å². The predicted octanol–water partition coefficient (Wildman–Crippen LogP) is 2.23. The van der Waals surface area contributed by atoms with Gasteiger partial charge in [0.15, 0.2) is 0 Å². The van der Waals surface area contributed by atoms with Crippen molar-refractivity contribution in [3.63, 3.8) is 0 Å². The number of nitrogens with one attached hydrogen (secondary N) is 1. The van der Waals surface area contributed by atoms with Crippen LogP contribution in [0.25, 0.3) is 0 Å². The number of carbonyl (C=O) groups excluding carboxylic acids is 1. The van der Waals surface area contributed by atoms with Crippen molar-refractivity contribution in [2.75, 3.05) is 0 Å². The van der Waals surface area contributed by atoms with Crippen molar-refractivity contribution in [3.8, 4) is 0 Å². The fraction of sp³-hybridized carbons (Fsp3) is 0.700. The summed E-state index contributed by atoms with van der Waals surface area (Å²) >= 11 is 0. The number of alkyl carbamates (subject to hydrolysis) is 1. The first kappa shape index (κ1) is 10.1. The van der Waals surface area contributed by atoms with Crippen molar-refractivity contribution in [2.45, 2.75) is 45.3 Å². The predicted molar refractivity (Wildman–Crippen MR) is 51.5 cm³/mol. The van der Waals surface area contributed by atoms with Crippen molar-refractivity contribution in [1.29, 1.82) is 0 Å². The highest BCUT2D eigenvalue weighted by molar-refractivity contribution is 5.68. The molecule has 1 aliphatic rings. The standard InChI is InChI=1S/C10H17NO2/c1-7-5-8(6-7)11-9(12)13-10(2,3)4/h8H,1,5-6H2,2-4H3,(H,11,12). The molecule has 0 aromatic rings. The van der Waals surface area contributed by atoms with Crippen LogP contribution in [0.5, 0.6) is 0 Å². The Hall–Kier alpha value is -0.990. The van der Waals surface area contributed by atoms with E-state index in [2.05, 4.69) is 11.9 Å². The molecular weight excluding hydrogens is 166 g/mol. The van der Waals surface area contributed by atoms with E-state index in [-0.39, 0.29) is 12.1 Å². The molecule has 0 aliphatic heterocycles. The Morgan fingerprint density at radius 3 is 2.46 bits per heavy atom. The van der Waals surface area contributed by atoms with Crippen molar-refractivity contribution in [3.05, 3.63) is 12.2 Å². The Morgan fingerprint density at radius 1 is 1.54 bits per heavy atom. The van der Waals surface area contributed by atoms with Gasteiger partial charge in [0, 0.05) is 6.04 Å². The maximum absolute atomic E-state index is 11.2. The summed E-state index contributed by atoms with van der Waals surface area (Å²) in [7, 11) is 0. The summed E-state index contributed by atoms with van der Waals surface area (Å²) in [5.41, 5.74) is 0.784. The monoisotopic (exact) mass is 183 g/mol. The average molecular weight is 183 g/mol. The molecule has 0 aromatic carbocycles. The summed E-state index contributed by atoms with van der Waals surface area (Å²) in [6.07, 6.45) is 1.45. The van der Waals surface area contributed by atoms with Gasteiger partial charge in [0.2, 0.25) is 0 Å². The molecule has 0 aromatic heterocycles. The van der Waals surface area contributed by atoms with Crippen LogP contribution in [0.2, 0.25) is 0 Å². The third-order valence-electron chi connectivity index (χ3n) is 1.79. The minimum atomic E-state index is -0.412. The molecule has 0 unspecified atom stereocenters. The van der Waals surface area contributed by atoms with E-state index >= 15 is 0 Å². The Balaban J connectivity index is 2.22. The second-order valence-electron chi connectivity index (χ2n) is 4.50. The lowest BCUT2D eigenvalue weighted by molar-refractivity contribution is 0.0494. The molecular formula is C10H17NO2. The van der Waals surface area contributed by atoms with E-state index in [0.717, 1.165) is 12.8 Å². The minimum absolute atomic E-state index is 0.238. The maximum atomic E-state index is 11.2. The van der Waals surface area contributed by atoms with E-state index in [4.69, 9.17) is 4.74 Å². The van der Waals surface area contributed by atoms with Gasteiger partial charge in [-0.15, -0.1) is 0 Å². The molecule has 1 aliphatic carbocycles. The SMILES string of the molecule is C=C1CC(NC(=O)OC(C)(C)C)C1. The van der Waals surface area contributed by atoms with E-state index in [1.165, 1.54) is 5.57 Å². The summed E-state index contributed by atoms with van der Waals surface area (Å²) in [6, 6.07) is 0.238. The molecule has 1 rings (SSSR count). The molecule has 13 heavy (non-hydrogen) atoms. The van der Waals surface area contributed by atoms with Crippen LogP contribution in [0.1, 0.15) is 33.6 Å². The van der Waals surface area contributed by atoms with Crippen LogP contribution in [0, 0.1) is 0 Å². The third kappa shape index (κ3) is 3.49. The Bertz CT molecular complexity index is 220.